The quantitative estimate of drug-likeness (QED) is 0.690. The number of benzene rings is 2. The molecular weight excluding hydrogens is 367 g/mol. The van der Waals surface area contributed by atoms with Crippen molar-refractivity contribution >= 4 is 10.0 Å². The van der Waals surface area contributed by atoms with E-state index in [2.05, 4.69) is 0 Å². The van der Waals surface area contributed by atoms with Crippen LogP contribution in [0.15, 0.2) is 71.8 Å². The van der Waals surface area contributed by atoms with Crippen LogP contribution in [0.5, 0.6) is 5.75 Å². The minimum Gasteiger partial charge on any atom is -0.497 e. The lowest BCUT2D eigenvalue weighted by molar-refractivity contribution is 0.298. The van der Waals surface area contributed by atoms with E-state index in [-0.39, 0.29) is 4.90 Å². The van der Waals surface area contributed by atoms with E-state index in [0.29, 0.717) is 18.8 Å². The van der Waals surface area contributed by atoms with Crippen molar-refractivity contribution in [3.05, 3.63) is 83.9 Å². The van der Waals surface area contributed by atoms with Crippen LogP contribution < -0.4 is 4.74 Å². The summed E-state index contributed by atoms with van der Waals surface area (Å²) in [5.74, 6) is 0.127. The first-order valence-electron chi connectivity index (χ1n) is 8.57. The van der Waals surface area contributed by atoms with Crippen LogP contribution in [0.4, 0.5) is 4.39 Å². The SMILES string of the molecule is COc1ccc(C2c3cccn3CCN2S(=O)(=O)c2cccc(F)c2)cc1. The zero-order valence-electron chi connectivity index (χ0n) is 14.7. The highest BCUT2D eigenvalue weighted by atomic mass is 32.2. The largest absolute Gasteiger partial charge is 0.497 e. The zero-order chi connectivity index (χ0) is 19.0. The Balaban J connectivity index is 1.83. The monoisotopic (exact) mass is 386 g/mol. The van der Waals surface area contributed by atoms with Gasteiger partial charge in [0.05, 0.1) is 18.0 Å². The second kappa shape index (κ2) is 6.83. The van der Waals surface area contributed by atoms with E-state index < -0.39 is 21.9 Å². The van der Waals surface area contributed by atoms with Crippen molar-refractivity contribution in [2.45, 2.75) is 17.5 Å². The first-order valence-corrected chi connectivity index (χ1v) is 10.0. The maximum atomic E-state index is 13.7. The molecule has 0 aliphatic carbocycles. The van der Waals surface area contributed by atoms with Gasteiger partial charge in [0.25, 0.3) is 0 Å². The Kier molecular flexibility index (Phi) is 4.49. The van der Waals surface area contributed by atoms with E-state index in [4.69, 9.17) is 4.74 Å². The number of sulfonamides is 1. The second-order valence-corrected chi connectivity index (χ2v) is 8.27. The van der Waals surface area contributed by atoms with Gasteiger partial charge in [-0.3, -0.25) is 0 Å². The number of aromatic nitrogens is 1. The number of ether oxygens (including phenoxy) is 1. The molecular formula is C20H19FN2O3S. The zero-order valence-corrected chi connectivity index (χ0v) is 15.6. The van der Waals surface area contributed by atoms with Crippen molar-refractivity contribution in [1.29, 1.82) is 0 Å². The predicted molar refractivity (Wildman–Crippen MR) is 99.6 cm³/mol. The van der Waals surface area contributed by atoms with Crippen molar-refractivity contribution in [1.82, 2.24) is 8.87 Å². The Morgan fingerprint density at radius 3 is 2.52 bits per heavy atom. The molecule has 27 heavy (non-hydrogen) atoms. The summed E-state index contributed by atoms with van der Waals surface area (Å²) in [5.41, 5.74) is 1.71. The average molecular weight is 386 g/mol. The lowest BCUT2D eigenvalue weighted by Crippen LogP contribution is -2.42. The molecule has 1 unspecified atom stereocenters. The fraction of sp³-hybridized carbons (Fsp3) is 0.200. The average Bonchev–Trinajstić information content (AvgIpc) is 3.16. The van der Waals surface area contributed by atoms with Crippen LogP contribution >= 0.6 is 0 Å². The van der Waals surface area contributed by atoms with Crippen LogP contribution in [-0.2, 0) is 16.6 Å². The summed E-state index contributed by atoms with van der Waals surface area (Å²) in [7, 11) is -2.28. The van der Waals surface area contributed by atoms with Gasteiger partial charge in [-0.15, -0.1) is 0 Å². The lowest BCUT2D eigenvalue weighted by Gasteiger charge is -2.36. The van der Waals surface area contributed by atoms with Gasteiger partial charge in [-0.25, -0.2) is 12.8 Å². The minimum atomic E-state index is -3.87. The van der Waals surface area contributed by atoms with Crippen LogP contribution in [0, 0.1) is 5.82 Å². The maximum absolute atomic E-state index is 13.7. The van der Waals surface area contributed by atoms with Crippen molar-refractivity contribution in [3.63, 3.8) is 0 Å². The van der Waals surface area contributed by atoms with Gasteiger partial charge in [0.15, 0.2) is 0 Å². The normalized spacial score (nSPS) is 17.5. The molecule has 1 aliphatic heterocycles. The summed E-state index contributed by atoms with van der Waals surface area (Å²) >= 11 is 0. The molecule has 0 bridgehead atoms. The van der Waals surface area contributed by atoms with Crippen molar-refractivity contribution in [2.75, 3.05) is 13.7 Å². The summed E-state index contributed by atoms with van der Waals surface area (Å²) in [4.78, 5) is -0.0407. The molecule has 2 aromatic carbocycles. The smallest absolute Gasteiger partial charge is 0.244 e. The third kappa shape index (κ3) is 3.13. The fourth-order valence-corrected chi connectivity index (χ4v) is 5.12. The van der Waals surface area contributed by atoms with Gasteiger partial charge in [0.2, 0.25) is 10.0 Å². The van der Waals surface area contributed by atoms with Gasteiger partial charge < -0.3 is 9.30 Å². The molecule has 5 nitrogen and oxygen atoms in total. The highest BCUT2D eigenvalue weighted by Gasteiger charge is 2.37. The van der Waals surface area contributed by atoms with Crippen LogP contribution in [-0.4, -0.2) is 30.9 Å². The number of nitrogens with zero attached hydrogens (tertiary/aromatic N) is 2. The molecule has 0 saturated carbocycles. The molecule has 0 radical (unpaired) electrons. The topological polar surface area (TPSA) is 51.5 Å². The Hall–Kier alpha value is -2.64. The van der Waals surface area contributed by atoms with Crippen molar-refractivity contribution in [3.8, 4) is 5.75 Å². The molecule has 0 spiro atoms. The summed E-state index contributed by atoms with van der Waals surface area (Å²) in [6, 6.07) is 15.8. The summed E-state index contributed by atoms with van der Waals surface area (Å²) in [6.07, 6.45) is 1.94. The minimum absolute atomic E-state index is 0.0407. The molecule has 140 valence electrons. The Labute approximate surface area is 157 Å². The molecule has 0 saturated heterocycles. The van der Waals surface area contributed by atoms with E-state index in [1.165, 1.54) is 22.5 Å². The maximum Gasteiger partial charge on any atom is 0.244 e. The standard InChI is InChI=1S/C20H19FN2O3S/c1-26-17-9-7-15(8-10-17)20-19-6-3-11-22(19)12-13-23(20)27(24,25)18-5-2-4-16(21)14-18/h2-11,14,20H,12-13H2,1H3. The Morgan fingerprint density at radius 2 is 1.81 bits per heavy atom. The Morgan fingerprint density at radius 1 is 1.04 bits per heavy atom. The lowest BCUT2D eigenvalue weighted by atomic mass is 10.0. The van der Waals surface area contributed by atoms with E-state index in [1.807, 2.05) is 47.2 Å². The Bertz CT molecular complexity index is 1060. The number of rotatable bonds is 4. The van der Waals surface area contributed by atoms with Crippen molar-refractivity contribution in [2.24, 2.45) is 0 Å². The fourth-order valence-electron chi connectivity index (χ4n) is 3.51. The van der Waals surface area contributed by atoms with Gasteiger partial charge >= 0.3 is 0 Å². The second-order valence-electron chi connectivity index (χ2n) is 6.38. The molecule has 0 fully saturated rings. The van der Waals surface area contributed by atoms with E-state index in [0.717, 1.165) is 17.3 Å². The number of hydrogen-bond donors (Lipinski definition) is 0. The molecule has 3 aromatic rings. The molecule has 1 aromatic heterocycles. The first-order chi connectivity index (χ1) is 13.0. The third-order valence-electron chi connectivity index (χ3n) is 4.83. The van der Waals surface area contributed by atoms with Gasteiger partial charge in [-0.05, 0) is 48.0 Å². The molecule has 2 heterocycles. The van der Waals surface area contributed by atoms with E-state index in [9.17, 15) is 12.8 Å². The molecule has 1 atom stereocenters. The molecule has 0 N–H and O–H groups in total. The number of methoxy groups -OCH3 is 1. The first kappa shape index (κ1) is 17.8. The van der Waals surface area contributed by atoms with Crippen LogP contribution in [0.1, 0.15) is 17.3 Å². The summed E-state index contributed by atoms with van der Waals surface area (Å²) in [6.45, 7) is 0.848. The van der Waals surface area contributed by atoms with E-state index in [1.54, 1.807) is 7.11 Å². The molecule has 7 heteroatoms. The highest BCUT2D eigenvalue weighted by Crippen LogP contribution is 2.37. The summed E-state index contributed by atoms with van der Waals surface area (Å²) < 4.78 is 49.0. The molecule has 0 amide bonds. The predicted octanol–water partition coefficient (Wildman–Crippen LogP) is 3.43. The van der Waals surface area contributed by atoms with Gasteiger partial charge in [-0.2, -0.15) is 4.31 Å². The van der Waals surface area contributed by atoms with Gasteiger partial charge in [0, 0.05) is 25.0 Å². The van der Waals surface area contributed by atoms with Gasteiger partial charge in [0.1, 0.15) is 11.6 Å². The summed E-state index contributed by atoms with van der Waals surface area (Å²) in [5, 5.41) is 0. The molecule has 4 rings (SSSR count). The van der Waals surface area contributed by atoms with Crippen LogP contribution in [0.2, 0.25) is 0 Å². The van der Waals surface area contributed by atoms with Crippen LogP contribution in [0.25, 0.3) is 0 Å². The van der Waals surface area contributed by atoms with Crippen molar-refractivity contribution < 1.29 is 17.5 Å². The number of hydrogen-bond acceptors (Lipinski definition) is 3. The van der Waals surface area contributed by atoms with Crippen LogP contribution in [0.3, 0.4) is 0 Å². The third-order valence-corrected chi connectivity index (χ3v) is 6.69. The molecule has 1 aliphatic rings. The van der Waals surface area contributed by atoms with E-state index >= 15 is 0 Å². The number of halogens is 1. The van der Waals surface area contributed by atoms with Gasteiger partial charge in [-0.1, -0.05) is 18.2 Å². The number of fused-ring (bicyclic) bond motifs is 1. The highest BCUT2D eigenvalue weighted by molar-refractivity contribution is 7.89.